The first-order valence-electron chi connectivity index (χ1n) is 4.74. The van der Waals surface area contributed by atoms with Crippen molar-refractivity contribution in [3.8, 4) is 6.07 Å². The monoisotopic (exact) mass is 292 g/mol. The summed E-state index contributed by atoms with van der Waals surface area (Å²) < 4.78 is 0.918. The first-order chi connectivity index (χ1) is 7.79. The van der Waals surface area contributed by atoms with E-state index in [1.54, 1.807) is 17.4 Å². The Morgan fingerprint density at radius 1 is 1.38 bits per heavy atom. The second-order valence-corrected chi connectivity index (χ2v) is 4.93. The van der Waals surface area contributed by atoms with Crippen LogP contribution in [-0.4, -0.2) is 0 Å². The summed E-state index contributed by atoms with van der Waals surface area (Å²) in [6, 6.07) is 9.73. The minimum Gasteiger partial charge on any atom is -0.380 e. The van der Waals surface area contributed by atoms with Crippen molar-refractivity contribution in [3.63, 3.8) is 0 Å². The molecule has 1 aromatic carbocycles. The highest BCUT2D eigenvalue weighted by Crippen LogP contribution is 2.24. The summed E-state index contributed by atoms with van der Waals surface area (Å²) in [5, 5.41) is 16.2. The Morgan fingerprint density at radius 3 is 2.88 bits per heavy atom. The maximum Gasteiger partial charge on any atom is 0.0992 e. The van der Waals surface area contributed by atoms with Gasteiger partial charge >= 0.3 is 0 Å². The maximum absolute atomic E-state index is 8.74. The third-order valence-electron chi connectivity index (χ3n) is 2.16. The molecule has 0 spiro atoms. The van der Waals surface area contributed by atoms with Gasteiger partial charge in [0.25, 0.3) is 0 Å². The number of nitrogens with one attached hydrogen (secondary N) is 1. The minimum absolute atomic E-state index is 0.660. The van der Waals surface area contributed by atoms with E-state index < -0.39 is 0 Å². The molecule has 0 unspecified atom stereocenters. The molecule has 0 aliphatic heterocycles. The summed E-state index contributed by atoms with van der Waals surface area (Å²) in [5.74, 6) is 0. The Kier molecular flexibility index (Phi) is 3.60. The topological polar surface area (TPSA) is 35.8 Å². The normalized spacial score (nSPS) is 9.75. The fourth-order valence-electron chi connectivity index (χ4n) is 1.32. The van der Waals surface area contributed by atoms with E-state index in [0.29, 0.717) is 5.56 Å². The molecule has 4 heteroatoms. The smallest absolute Gasteiger partial charge is 0.0992 e. The van der Waals surface area contributed by atoms with Crippen LogP contribution >= 0.6 is 27.3 Å². The Bertz CT molecular complexity index is 514. The van der Waals surface area contributed by atoms with Crippen molar-refractivity contribution in [3.05, 3.63) is 50.6 Å². The van der Waals surface area contributed by atoms with Crippen LogP contribution in [0.5, 0.6) is 0 Å². The van der Waals surface area contributed by atoms with Gasteiger partial charge in [-0.05, 0) is 56.5 Å². The van der Waals surface area contributed by atoms with Gasteiger partial charge in [-0.25, -0.2) is 0 Å². The average molecular weight is 293 g/mol. The zero-order chi connectivity index (χ0) is 11.4. The number of hydrogen-bond acceptors (Lipinski definition) is 3. The summed E-state index contributed by atoms with van der Waals surface area (Å²) in [5.41, 5.74) is 2.93. The van der Waals surface area contributed by atoms with E-state index in [0.717, 1.165) is 16.7 Å². The quantitative estimate of drug-likeness (QED) is 0.928. The number of benzene rings is 1. The minimum atomic E-state index is 0.660. The highest BCUT2D eigenvalue weighted by molar-refractivity contribution is 9.10. The van der Waals surface area contributed by atoms with Crippen LogP contribution in [-0.2, 0) is 6.54 Å². The number of nitriles is 1. The molecule has 0 saturated heterocycles. The van der Waals surface area contributed by atoms with Gasteiger partial charge in [-0.3, -0.25) is 0 Å². The van der Waals surface area contributed by atoms with Crippen molar-refractivity contribution in [2.24, 2.45) is 0 Å². The summed E-state index contributed by atoms with van der Waals surface area (Å²) in [7, 11) is 0. The van der Waals surface area contributed by atoms with Gasteiger partial charge in [0.15, 0.2) is 0 Å². The van der Waals surface area contributed by atoms with Gasteiger partial charge in [-0.2, -0.15) is 16.6 Å². The fourth-order valence-corrected chi connectivity index (χ4v) is 2.51. The molecule has 0 radical (unpaired) electrons. The molecule has 0 atom stereocenters. The molecule has 2 rings (SSSR count). The molecule has 1 aromatic heterocycles. The van der Waals surface area contributed by atoms with Crippen molar-refractivity contribution in [2.45, 2.75) is 6.54 Å². The Morgan fingerprint density at radius 2 is 2.25 bits per heavy atom. The van der Waals surface area contributed by atoms with Crippen LogP contribution in [0.3, 0.4) is 0 Å². The van der Waals surface area contributed by atoms with Crippen LogP contribution in [0.1, 0.15) is 11.1 Å². The van der Waals surface area contributed by atoms with Gasteiger partial charge in [0, 0.05) is 16.7 Å². The van der Waals surface area contributed by atoms with Crippen LogP contribution in [0.4, 0.5) is 5.69 Å². The van der Waals surface area contributed by atoms with Gasteiger partial charge in [-0.15, -0.1) is 0 Å². The van der Waals surface area contributed by atoms with Gasteiger partial charge < -0.3 is 5.32 Å². The lowest BCUT2D eigenvalue weighted by Gasteiger charge is -2.07. The third kappa shape index (κ3) is 2.63. The molecule has 2 nitrogen and oxygen atoms in total. The Hall–Kier alpha value is -1.31. The van der Waals surface area contributed by atoms with Crippen LogP contribution in [0.15, 0.2) is 39.5 Å². The van der Waals surface area contributed by atoms with E-state index in [1.165, 1.54) is 5.56 Å². The average Bonchev–Trinajstić information content (AvgIpc) is 2.80. The van der Waals surface area contributed by atoms with Gasteiger partial charge in [0.1, 0.15) is 0 Å². The van der Waals surface area contributed by atoms with Crippen LogP contribution in [0.2, 0.25) is 0 Å². The van der Waals surface area contributed by atoms with E-state index in [4.69, 9.17) is 5.26 Å². The second kappa shape index (κ2) is 5.15. The molecular formula is C12H9BrN2S. The lowest BCUT2D eigenvalue weighted by atomic mass is 10.2. The Labute approximate surface area is 107 Å². The highest BCUT2D eigenvalue weighted by atomic mass is 79.9. The Balaban J connectivity index is 2.08. The lowest BCUT2D eigenvalue weighted by Crippen LogP contribution is -1.98. The number of hydrogen-bond donors (Lipinski definition) is 1. The van der Waals surface area contributed by atoms with Crippen molar-refractivity contribution >= 4 is 33.0 Å². The maximum atomic E-state index is 8.74. The van der Waals surface area contributed by atoms with E-state index in [-0.39, 0.29) is 0 Å². The number of rotatable bonds is 3. The predicted octanol–water partition coefficient (Wildman–Crippen LogP) is 3.99. The zero-order valence-electron chi connectivity index (χ0n) is 8.40. The van der Waals surface area contributed by atoms with Gasteiger partial charge in [0.05, 0.1) is 11.6 Å². The summed E-state index contributed by atoms with van der Waals surface area (Å²) in [6.45, 7) is 0.800. The largest absolute Gasteiger partial charge is 0.380 e. The molecule has 2 aromatic rings. The van der Waals surface area contributed by atoms with E-state index in [9.17, 15) is 0 Å². The van der Waals surface area contributed by atoms with Gasteiger partial charge in [-0.1, -0.05) is 0 Å². The van der Waals surface area contributed by atoms with Gasteiger partial charge in [0.2, 0.25) is 0 Å². The molecule has 16 heavy (non-hydrogen) atoms. The van der Waals surface area contributed by atoms with Crippen molar-refractivity contribution in [1.82, 2.24) is 0 Å². The zero-order valence-corrected chi connectivity index (χ0v) is 10.8. The number of anilines is 1. The number of nitrogens with zero attached hydrogens (tertiary/aromatic N) is 1. The molecule has 80 valence electrons. The molecular weight excluding hydrogens is 284 g/mol. The number of halogens is 1. The highest BCUT2D eigenvalue weighted by Gasteiger charge is 2.01. The fraction of sp³-hybridized carbons (Fsp3) is 0.0833. The summed E-state index contributed by atoms with van der Waals surface area (Å²) >= 11 is 5.13. The molecule has 0 amide bonds. The van der Waals surface area contributed by atoms with Crippen molar-refractivity contribution in [1.29, 1.82) is 5.26 Å². The van der Waals surface area contributed by atoms with E-state index >= 15 is 0 Å². The molecule has 0 fully saturated rings. The second-order valence-electron chi connectivity index (χ2n) is 3.29. The summed E-state index contributed by atoms with van der Waals surface area (Å²) in [6.07, 6.45) is 0. The SMILES string of the molecule is N#Cc1ccc(NCc2ccsc2)c(Br)c1. The molecule has 1 N–H and O–H groups in total. The molecule has 1 heterocycles. The van der Waals surface area contributed by atoms with E-state index in [2.05, 4.69) is 44.1 Å². The first-order valence-corrected chi connectivity index (χ1v) is 6.48. The standard InChI is InChI=1S/C12H9BrN2S/c13-11-5-9(6-14)1-2-12(11)15-7-10-3-4-16-8-10/h1-5,8,15H,7H2. The van der Waals surface area contributed by atoms with Crippen molar-refractivity contribution < 1.29 is 0 Å². The lowest BCUT2D eigenvalue weighted by molar-refractivity contribution is 1.16. The molecule has 0 aliphatic rings. The first kappa shape index (κ1) is 11.2. The van der Waals surface area contributed by atoms with Crippen molar-refractivity contribution in [2.75, 3.05) is 5.32 Å². The van der Waals surface area contributed by atoms with Crippen LogP contribution in [0, 0.1) is 11.3 Å². The van der Waals surface area contributed by atoms with Crippen LogP contribution < -0.4 is 5.32 Å². The van der Waals surface area contributed by atoms with E-state index in [1.807, 2.05) is 12.1 Å². The number of thiophene rings is 1. The summed E-state index contributed by atoms with van der Waals surface area (Å²) in [4.78, 5) is 0. The molecule has 0 bridgehead atoms. The third-order valence-corrected chi connectivity index (χ3v) is 3.55. The molecule has 0 saturated carbocycles. The van der Waals surface area contributed by atoms with Crippen LogP contribution in [0.25, 0.3) is 0 Å². The predicted molar refractivity (Wildman–Crippen MR) is 70.5 cm³/mol. The molecule has 0 aliphatic carbocycles.